The Morgan fingerprint density at radius 2 is 1.86 bits per heavy atom. The Morgan fingerprint density at radius 1 is 1.14 bits per heavy atom. The molecule has 0 amide bonds. The standard InChI is InChI=1S/C16H15FN2O2/c17-13-7-4-8-14(16(13)19(20)21)18-15(12-9-10-12)11-5-2-1-3-6-11/h1-8,12,15,18H,9-10H2. The lowest BCUT2D eigenvalue weighted by Gasteiger charge is -2.20. The van der Waals surface area contributed by atoms with E-state index in [1.165, 1.54) is 6.07 Å². The zero-order valence-electron chi connectivity index (χ0n) is 11.3. The minimum Gasteiger partial charge on any atom is -0.372 e. The molecule has 108 valence electrons. The summed E-state index contributed by atoms with van der Waals surface area (Å²) >= 11 is 0. The van der Waals surface area contributed by atoms with Gasteiger partial charge in [-0.1, -0.05) is 36.4 Å². The number of hydrogen-bond acceptors (Lipinski definition) is 3. The second kappa shape index (κ2) is 5.52. The van der Waals surface area contributed by atoms with Crippen LogP contribution >= 0.6 is 0 Å². The zero-order chi connectivity index (χ0) is 14.8. The second-order valence-corrected chi connectivity index (χ2v) is 5.26. The first-order valence-corrected chi connectivity index (χ1v) is 6.91. The molecule has 0 heterocycles. The molecule has 4 nitrogen and oxygen atoms in total. The predicted molar refractivity (Wildman–Crippen MR) is 78.6 cm³/mol. The molecule has 21 heavy (non-hydrogen) atoms. The third-order valence-corrected chi connectivity index (χ3v) is 3.73. The molecule has 1 atom stereocenters. The molecular weight excluding hydrogens is 271 g/mol. The lowest BCUT2D eigenvalue weighted by atomic mass is 10.0. The van der Waals surface area contributed by atoms with Gasteiger partial charge in [-0.05, 0) is 36.5 Å². The molecule has 1 N–H and O–H groups in total. The molecule has 3 rings (SSSR count). The van der Waals surface area contributed by atoms with Gasteiger partial charge in [-0.25, -0.2) is 0 Å². The maximum absolute atomic E-state index is 13.7. The summed E-state index contributed by atoms with van der Waals surface area (Å²) in [7, 11) is 0. The fourth-order valence-corrected chi connectivity index (χ4v) is 2.55. The van der Waals surface area contributed by atoms with E-state index >= 15 is 0 Å². The third-order valence-electron chi connectivity index (χ3n) is 3.73. The van der Waals surface area contributed by atoms with E-state index in [0.29, 0.717) is 5.92 Å². The van der Waals surface area contributed by atoms with E-state index in [2.05, 4.69) is 5.32 Å². The van der Waals surface area contributed by atoms with Gasteiger partial charge in [0.25, 0.3) is 0 Å². The van der Waals surface area contributed by atoms with E-state index < -0.39 is 16.4 Å². The molecular formula is C16H15FN2O2. The van der Waals surface area contributed by atoms with Gasteiger partial charge in [-0.3, -0.25) is 10.1 Å². The average Bonchev–Trinajstić information content (AvgIpc) is 3.30. The monoisotopic (exact) mass is 286 g/mol. The topological polar surface area (TPSA) is 55.2 Å². The van der Waals surface area contributed by atoms with Crippen LogP contribution in [0, 0.1) is 21.8 Å². The Balaban J connectivity index is 1.94. The number of nitro benzene ring substituents is 1. The average molecular weight is 286 g/mol. The van der Waals surface area contributed by atoms with Gasteiger partial charge in [-0.15, -0.1) is 0 Å². The summed E-state index contributed by atoms with van der Waals surface area (Å²) in [6, 6.07) is 13.9. The first-order valence-electron chi connectivity index (χ1n) is 6.91. The lowest BCUT2D eigenvalue weighted by molar-refractivity contribution is -0.386. The van der Waals surface area contributed by atoms with Crippen molar-refractivity contribution in [3.05, 3.63) is 70.0 Å². The number of anilines is 1. The van der Waals surface area contributed by atoms with E-state index in [-0.39, 0.29) is 11.7 Å². The Bertz CT molecular complexity index is 657. The number of benzene rings is 2. The summed E-state index contributed by atoms with van der Waals surface area (Å²) in [6.45, 7) is 0. The van der Waals surface area contributed by atoms with Crippen molar-refractivity contribution in [2.24, 2.45) is 5.92 Å². The number of nitro groups is 1. The number of hydrogen-bond donors (Lipinski definition) is 1. The summed E-state index contributed by atoms with van der Waals surface area (Å²) in [5.74, 6) is -0.372. The van der Waals surface area contributed by atoms with Gasteiger partial charge in [0, 0.05) is 0 Å². The summed E-state index contributed by atoms with van der Waals surface area (Å²) in [5.41, 5.74) is 0.818. The van der Waals surface area contributed by atoms with E-state index in [0.717, 1.165) is 24.5 Å². The fraction of sp³-hybridized carbons (Fsp3) is 0.250. The fourth-order valence-electron chi connectivity index (χ4n) is 2.55. The van der Waals surface area contributed by atoms with Crippen molar-refractivity contribution in [2.45, 2.75) is 18.9 Å². The molecule has 1 aliphatic carbocycles. The van der Waals surface area contributed by atoms with Gasteiger partial charge < -0.3 is 5.32 Å². The largest absolute Gasteiger partial charge is 0.372 e. The molecule has 0 aliphatic heterocycles. The smallest absolute Gasteiger partial charge is 0.327 e. The lowest BCUT2D eigenvalue weighted by Crippen LogP contribution is -2.14. The molecule has 2 aromatic rings. The Kier molecular flexibility index (Phi) is 3.56. The van der Waals surface area contributed by atoms with Gasteiger partial charge in [0.05, 0.1) is 11.0 Å². The van der Waals surface area contributed by atoms with Gasteiger partial charge in [-0.2, -0.15) is 4.39 Å². The Labute approximate surface area is 121 Å². The van der Waals surface area contributed by atoms with Crippen LogP contribution in [0.15, 0.2) is 48.5 Å². The van der Waals surface area contributed by atoms with Crippen LogP contribution in [-0.4, -0.2) is 4.92 Å². The first kappa shape index (κ1) is 13.5. The maximum atomic E-state index is 13.7. The number of halogens is 1. The molecule has 1 aliphatic rings. The highest BCUT2D eigenvalue weighted by molar-refractivity contribution is 5.63. The van der Waals surface area contributed by atoms with Crippen LogP contribution in [0.3, 0.4) is 0 Å². The molecule has 2 aromatic carbocycles. The molecule has 0 aromatic heterocycles. The van der Waals surface area contributed by atoms with Gasteiger partial charge in [0.15, 0.2) is 0 Å². The highest BCUT2D eigenvalue weighted by atomic mass is 19.1. The zero-order valence-corrected chi connectivity index (χ0v) is 11.3. The van der Waals surface area contributed by atoms with Crippen molar-refractivity contribution in [2.75, 3.05) is 5.32 Å². The Morgan fingerprint density at radius 3 is 2.48 bits per heavy atom. The molecule has 1 unspecified atom stereocenters. The van der Waals surface area contributed by atoms with E-state index in [1.807, 2.05) is 30.3 Å². The number of nitrogens with zero attached hydrogens (tertiary/aromatic N) is 1. The molecule has 0 bridgehead atoms. The van der Waals surface area contributed by atoms with E-state index in [1.54, 1.807) is 6.07 Å². The van der Waals surface area contributed by atoms with Crippen molar-refractivity contribution in [3.8, 4) is 0 Å². The summed E-state index contributed by atoms with van der Waals surface area (Å²) < 4.78 is 13.7. The van der Waals surface area contributed by atoms with E-state index in [9.17, 15) is 14.5 Å². The van der Waals surface area contributed by atoms with Gasteiger partial charge in [0.1, 0.15) is 5.69 Å². The van der Waals surface area contributed by atoms with Crippen LogP contribution < -0.4 is 5.32 Å². The summed E-state index contributed by atoms with van der Waals surface area (Å²) in [4.78, 5) is 10.4. The Hall–Kier alpha value is -2.43. The highest BCUT2D eigenvalue weighted by Crippen LogP contribution is 2.44. The van der Waals surface area contributed by atoms with Crippen LogP contribution in [0.4, 0.5) is 15.8 Å². The first-order chi connectivity index (χ1) is 10.2. The molecule has 1 fully saturated rings. The normalized spacial score (nSPS) is 15.5. The van der Waals surface area contributed by atoms with Crippen LogP contribution in [0.2, 0.25) is 0 Å². The molecule has 0 radical (unpaired) electrons. The highest BCUT2D eigenvalue weighted by Gasteiger charge is 2.34. The van der Waals surface area contributed by atoms with Crippen molar-refractivity contribution >= 4 is 11.4 Å². The summed E-state index contributed by atoms with van der Waals surface area (Å²) in [6.07, 6.45) is 2.16. The summed E-state index contributed by atoms with van der Waals surface area (Å²) in [5, 5.41) is 14.2. The van der Waals surface area contributed by atoms with Crippen LogP contribution in [0.25, 0.3) is 0 Å². The SMILES string of the molecule is O=[N+]([O-])c1c(F)cccc1NC(c1ccccc1)C1CC1. The molecule has 0 saturated heterocycles. The minimum absolute atomic E-state index is 0.0216. The van der Waals surface area contributed by atoms with Gasteiger partial charge in [0.2, 0.25) is 5.82 Å². The van der Waals surface area contributed by atoms with Crippen LogP contribution in [0.1, 0.15) is 24.4 Å². The minimum atomic E-state index is -0.812. The van der Waals surface area contributed by atoms with Crippen LogP contribution in [-0.2, 0) is 0 Å². The van der Waals surface area contributed by atoms with E-state index in [4.69, 9.17) is 0 Å². The van der Waals surface area contributed by atoms with Crippen molar-refractivity contribution in [3.63, 3.8) is 0 Å². The predicted octanol–water partition coefficient (Wildman–Crippen LogP) is 4.30. The van der Waals surface area contributed by atoms with Gasteiger partial charge >= 0.3 is 5.69 Å². The molecule has 0 spiro atoms. The number of nitrogens with one attached hydrogen (secondary N) is 1. The third kappa shape index (κ3) is 2.86. The molecule has 1 saturated carbocycles. The number of para-hydroxylation sites is 1. The van der Waals surface area contributed by atoms with Crippen LogP contribution in [0.5, 0.6) is 0 Å². The molecule has 5 heteroatoms. The van der Waals surface area contributed by atoms with Crippen molar-refractivity contribution in [1.82, 2.24) is 0 Å². The van der Waals surface area contributed by atoms with Crippen molar-refractivity contribution < 1.29 is 9.31 Å². The maximum Gasteiger partial charge on any atom is 0.327 e. The van der Waals surface area contributed by atoms with Crippen molar-refractivity contribution in [1.29, 1.82) is 0 Å². The quantitative estimate of drug-likeness (QED) is 0.658. The number of rotatable bonds is 5. The second-order valence-electron chi connectivity index (χ2n) is 5.26.